The van der Waals surface area contributed by atoms with E-state index in [1.165, 1.54) is 12.1 Å². The molecule has 7 heteroatoms. The molecule has 0 radical (unpaired) electrons. The van der Waals surface area contributed by atoms with Gasteiger partial charge in [0.2, 0.25) is 0 Å². The summed E-state index contributed by atoms with van der Waals surface area (Å²) in [5.74, 6) is -6.92. The van der Waals surface area contributed by atoms with Gasteiger partial charge in [-0.25, -0.2) is 0 Å². The van der Waals surface area contributed by atoms with Crippen LogP contribution in [0.1, 0.15) is 12.5 Å². The van der Waals surface area contributed by atoms with Gasteiger partial charge in [-0.15, -0.1) is 0 Å². The van der Waals surface area contributed by atoms with Crippen molar-refractivity contribution in [3.63, 3.8) is 0 Å². The SMILES string of the molecule is C[C@H](NC(=O)C(F)(F)c1cccc(Cl)c1)C(=O)O. The number of carboxylic acid groups (broad SMARTS) is 1. The molecule has 0 aliphatic rings. The normalized spacial score (nSPS) is 12.9. The van der Waals surface area contributed by atoms with Crippen molar-refractivity contribution in [2.24, 2.45) is 0 Å². The van der Waals surface area contributed by atoms with Crippen molar-refractivity contribution in [3.05, 3.63) is 34.9 Å². The van der Waals surface area contributed by atoms with Crippen LogP contribution in [0.25, 0.3) is 0 Å². The third-order valence-corrected chi connectivity index (χ3v) is 2.43. The predicted molar refractivity (Wildman–Crippen MR) is 60.6 cm³/mol. The Balaban J connectivity index is 2.92. The fourth-order valence-corrected chi connectivity index (χ4v) is 1.35. The molecule has 1 aromatic rings. The summed E-state index contributed by atoms with van der Waals surface area (Å²) in [5.41, 5.74) is -0.593. The molecule has 0 saturated heterocycles. The molecule has 0 bridgehead atoms. The maximum absolute atomic E-state index is 13.7. The molecule has 0 aliphatic carbocycles. The lowest BCUT2D eigenvalue weighted by Crippen LogP contribution is -2.45. The van der Waals surface area contributed by atoms with E-state index in [9.17, 15) is 18.4 Å². The number of halogens is 3. The van der Waals surface area contributed by atoms with Crippen LogP contribution in [0, 0.1) is 0 Å². The summed E-state index contributed by atoms with van der Waals surface area (Å²) >= 11 is 5.55. The molecule has 4 nitrogen and oxygen atoms in total. The average molecular weight is 278 g/mol. The molecule has 0 spiro atoms. The number of carbonyl (C=O) groups excluding carboxylic acids is 1. The van der Waals surface area contributed by atoms with Crippen LogP contribution in [-0.2, 0) is 15.5 Å². The molecule has 0 unspecified atom stereocenters. The second-order valence-corrected chi connectivity index (χ2v) is 4.05. The van der Waals surface area contributed by atoms with Gasteiger partial charge in [0.05, 0.1) is 0 Å². The first-order valence-corrected chi connectivity index (χ1v) is 5.30. The summed E-state index contributed by atoms with van der Waals surface area (Å²) in [6.07, 6.45) is 0. The van der Waals surface area contributed by atoms with Crippen molar-refractivity contribution in [3.8, 4) is 0 Å². The summed E-state index contributed by atoms with van der Waals surface area (Å²) in [7, 11) is 0. The molecule has 1 aromatic carbocycles. The van der Waals surface area contributed by atoms with Crippen LogP contribution in [0.3, 0.4) is 0 Å². The minimum Gasteiger partial charge on any atom is -0.480 e. The van der Waals surface area contributed by atoms with Crippen LogP contribution >= 0.6 is 11.6 Å². The predicted octanol–water partition coefficient (Wildman–Crippen LogP) is 2.02. The summed E-state index contributed by atoms with van der Waals surface area (Å²) < 4.78 is 27.4. The Bertz CT molecular complexity index is 479. The van der Waals surface area contributed by atoms with Crippen molar-refractivity contribution in [2.75, 3.05) is 0 Å². The molecule has 1 amide bonds. The molecule has 0 fully saturated rings. The zero-order valence-corrected chi connectivity index (χ0v) is 10.0. The first-order chi connectivity index (χ1) is 8.25. The van der Waals surface area contributed by atoms with E-state index >= 15 is 0 Å². The van der Waals surface area contributed by atoms with Gasteiger partial charge in [-0.05, 0) is 19.1 Å². The van der Waals surface area contributed by atoms with E-state index in [-0.39, 0.29) is 5.02 Å². The summed E-state index contributed by atoms with van der Waals surface area (Å²) in [6, 6.07) is 3.25. The van der Waals surface area contributed by atoms with Crippen LogP contribution in [-0.4, -0.2) is 23.0 Å². The highest BCUT2D eigenvalue weighted by Gasteiger charge is 2.42. The van der Waals surface area contributed by atoms with Crippen molar-refractivity contribution in [2.45, 2.75) is 18.9 Å². The molecular formula is C11H10ClF2NO3. The van der Waals surface area contributed by atoms with Crippen molar-refractivity contribution >= 4 is 23.5 Å². The van der Waals surface area contributed by atoms with Crippen molar-refractivity contribution in [1.82, 2.24) is 5.32 Å². The van der Waals surface area contributed by atoms with E-state index in [1.807, 2.05) is 0 Å². The average Bonchev–Trinajstić information content (AvgIpc) is 2.28. The molecule has 1 rings (SSSR count). The quantitative estimate of drug-likeness (QED) is 0.885. The summed E-state index contributed by atoms with van der Waals surface area (Å²) in [4.78, 5) is 21.8. The number of alkyl halides is 2. The van der Waals surface area contributed by atoms with Gasteiger partial charge in [-0.3, -0.25) is 9.59 Å². The topological polar surface area (TPSA) is 66.4 Å². The molecule has 2 N–H and O–H groups in total. The standard InChI is InChI=1S/C11H10ClF2NO3/c1-6(9(16)17)15-10(18)11(13,14)7-3-2-4-8(12)5-7/h2-6H,1H3,(H,15,18)(H,16,17)/t6-/m0/s1. The van der Waals surface area contributed by atoms with E-state index < -0.39 is 29.4 Å². The molecule has 0 aromatic heterocycles. The largest absolute Gasteiger partial charge is 0.480 e. The number of carboxylic acids is 1. The first-order valence-electron chi connectivity index (χ1n) is 4.92. The minimum atomic E-state index is -3.84. The van der Waals surface area contributed by atoms with Gasteiger partial charge in [-0.2, -0.15) is 8.78 Å². The number of nitrogens with one attached hydrogen (secondary N) is 1. The van der Waals surface area contributed by atoms with Crippen molar-refractivity contribution in [1.29, 1.82) is 0 Å². The van der Waals surface area contributed by atoms with Crippen LogP contribution in [0.4, 0.5) is 8.78 Å². The zero-order chi connectivity index (χ0) is 13.9. The number of amides is 1. The highest BCUT2D eigenvalue weighted by atomic mass is 35.5. The van der Waals surface area contributed by atoms with Gasteiger partial charge in [0, 0.05) is 10.6 Å². The van der Waals surface area contributed by atoms with E-state index in [0.717, 1.165) is 19.1 Å². The molecule has 18 heavy (non-hydrogen) atoms. The molecule has 0 heterocycles. The zero-order valence-electron chi connectivity index (χ0n) is 9.28. The monoisotopic (exact) mass is 277 g/mol. The first kappa shape index (κ1) is 14.4. The molecule has 1 atom stereocenters. The number of carbonyl (C=O) groups is 2. The Morgan fingerprint density at radius 1 is 1.44 bits per heavy atom. The second kappa shape index (κ2) is 5.30. The second-order valence-electron chi connectivity index (χ2n) is 3.62. The number of rotatable bonds is 4. The van der Waals surface area contributed by atoms with Crippen molar-refractivity contribution < 1.29 is 23.5 Å². The molecule has 98 valence electrons. The number of hydrogen-bond acceptors (Lipinski definition) is 2. The number of hydrogen-bond donors (Lipinski definition) is 2. The van der Waals surface area contributed by atoms with Gasteiger partial charge >= 0.3 is 11.9 Å². The lowest BCUT2D eigenvalue weighted by molar-refractivity contribution is -0.151. The number of aliphatic carboxylic acids is 1. The Labute approximate surface area is 107 Å². The van der Waals surface area contributed by atoms with Gasteiger partial charge in [0.25, 0.3) is 5.91 Å². The molecule has 0 aliphatic heterocycles. The third kappa shape index (κ3) is 3.16. The maximum Gasteiger partial charge on any atom is 0.349 e. The molecular weight excluding hydrogens is 268 g/mol. The Hall–Kier alpha value is -1.69. The van der Waals surface area contributed by atoms with Gasteiger partial charge in [0.15, 0.2) is 0 Å². The Kier molecular flexibility index (Phi) is 4.24. The van der Waals surface area contributed by atoms with Crippen LogP contribution in [0.15, 0.2) is 24.3 Å². The summed E-state index contributed by atoms with van der Waals surface area (Å²) in [5, 5.41) is 10.3. The Morgan fingerprint density at radius 2 is 2.06 bits per heavy atom. The third-order valence-electron chi connectivity index (χ3n) is 2.19. The maximum atomic E-state index is 13.7. The lowest BCUT2D eigenvalue weighted by atomic mass is 10.1. The number of benzene rings is 1. The lowest BCUT2D eigenvalue weighted by Gasteiger charge is -2.18. The molecule has 0 saturated carbocycles. The smallest absolute Gasteiger partial charge is 0.349 e. The van der Waals surface area contributed by atoms with E-state index in [2.05, 4.69) is 0 Å². The van der Waals surface area contributed by atoms with Gasteiger partial charge in [0.1, 0.15) is 6.04 Å². The van der Waals surface area contributed by atoms with Crippen LogP contribution in [0.5, 0.6) is 0 Å². The summed E-state index contributed by atoms with van der Waals surface area (Å²) in [6.45, 7) is 1.09. The van der Waals surface area contributed by atoms with E-state index in [1.54, 1.807) is 5.32 Å². The van der Waals surface area contributed by atoms with Crippen LogP contribution in [0.2, 0.25) is 5.02 Å². The fourth-order valence-electron chi connectivity index (χ4n) is 1.16. The minimum absolute atomic E-state index is 0.0614. The fraction of sp³-hybridized carbons (Fsp3) is 0.273. The Morgan fingerprint density at radius 3 is 2.56 bits per heavy atom. The highest BCUT2D eigenvalue weighted by molar-refractivity contribution is 6.30. The van der Waals surface area contributed by atoms with Gasteiger partial charge < -0.3 is 10.4 Å². The van der Waals surface area contributed by atoms with E-state index in [0.29, 0.717) is 0 Å². The van der Waals surface area contributed by atoms with Crippen LogP contribution < -0.4 is 5.32 Å². The van der Waals surface area contributed by atoms with E-state index in [4.69, 9.17) is 16.7 Å². The highest BCUT2D eigenvalue weighted by Crippen LogP contribution is 2.29. The van der Waals surface area contributed by atoms with Gasteiger partial charge in [-0.1, -0.05) is 23.7 Å².